The lowest BCUT2D eigenvalue weighted by molar-refractivity contribution is 0.0940. The fraction of sp³-hybridized carbons (Fsp3) is 0.333. The van der Waals surface area contributed by atoms with Gasteiger partial charge >= 0.3 is 0 Å². The molecule has 1 heterocycles. The highest BCUT2D eigenvalue weighted by atomic mass is 32.1. The van der Waals surface area contributed by atoms with Crippen LogP contribution in [0.25, 0.3) is 0 Å². The van der Waals surface area contributed by atoms with Gasteiger partial charge in [0.25, 0.3) is 5.91 Å². The van der Waals surface area contributed by atoms with Crippen molar-refractivity contribution in [1.29, 1.82) is 0 Å². The summed E-state index contributed by atoms with van der Waals surface area (Å²) in [6, 6.07) is 5.26. The van der Waals surface area contributed by atoms with Crippen LogP contribution in [0.1, 0.15) is 45.7 Å². The lowest BCUT2D eigenvalue weighted by Gasteiger charge is -2.12. The van der Waals surface area contributed by atoms with Crippen molar-refractivity contribution < 1.29 is 4.79 Å². The molecule has 2 aromatic rings. The summed E-state index contributed by atoms with van der Waals surface area (Å²) in [4.78, 5) is 17.8. The molecule has 2 rings (SSSR count). The van der Waals surface area contributed by atoms with Crippen LogP contribution in [-0.4, -0.2) is 10.9 Å². The maximum Gasteiger partial charge on any atom is 0.251 e. The fourth-order valence-electron chi connectivity index (χ4n) is 1.97. The van der Waals surface area contributed by atoms with E-state index in [1.54, 1.807) is 17.4 Å². The monoisotopic (exact) mass is 289 g/mol. The smallest absolute Gasteiger partial charge is 0.251 e. The summed E-state index contributed by atoms with van der Waals surface area (Å²) < 4.78 is 0. The third kappa shape index (κ3) is 3.36. The number of hydrogen-bond acceptors (Lipinski definition) is 4. The van der Waals surface area contributed by atoms with Gasteiger partial charge in [-0.1, -0.05) is 6.92 Å². The Hall–Kier alpha value is -1.88. The van der Waals surface area contributed by atoms with Crippen LogP contribution < -0.4 is 11.1 Å². The maximum absolute atomic E-state index is 12.2. The van der Waals surface area contributed by atoms with E-state index in [0.717, 1.165) is 17.0 Å². The maximum atomic E-state index is 12.2. The largest absolute Gasteiger partial charge is 0.399 e. The molecule has 3 N–H and O–H groups in total. The van der Waals surface area contributed by atoms with Crippen LogP contribution in [0.5, 0.6) is 0 Å². The normalized spacial score (nSPS) is 12.2. The number of amides is 1. The number of hydrogen-bond donors (Lipinski definition) is 2. The van der Waals surface area contributed by atoms with Crippen molar-refractivity contribution >= 4 is 22.9 Å². The molecule has 0 fully saturated rings. The molecular weight excluding hydrogens is 270 g/mol. The summed E-state index contributed by atoms with van der Waals surface area (Å²) in [5, 5.41) is 3.88. The van der Waals surface area contributed by atoms with Gasteiger partial charge in [0.05, 0.1) is 6.04 Å². The van der Waals surface area contributed by atoms with E-state index in [1.165, 1.54) is 4.88 Å². The zero-order chi connectivity index (χ0) is 14.7. The molecule has 5 heteroatoms. The van der Waals surface area contributed by atoms with Gasteiger partial charge in [-0.2, -0.15) is 0 Å². The Morgan fingerprint density at radius 3 is 2.80 bits per heavy atom. The molecule has 1 unspecified atom stereocenters. The number of aryl methyl sites for hydroxylation is 2. The van der Waals surface area contributed by atoms with Crippen LogP contribution >= 0.6 is 11.3 Å². The number of rotatable bonds is 4. The first-order valence-corrected chi connectivity index (χ1v) is 7.44. The van der Waals surface area contributed by atoms with E-state index in [4.69, 9.17) is 5.73 Å². The van der Waals surface area contributed by atoms with E-state index in [-0.39, 0.29) is 11.9 Å². The SMILES string of the molecule is CCc1cnc(C(C)NC(=O)c2cc(C)cc(N)c2)s1. The molecule has 0 saturated carbocycles. The van der Waals surface area contributed by atoms with E-state index < -0.39 is 0 Å². The van der Waals surface area contributed by atoms with E-state index >= 15 is 0 Å². The summed E-state index contributed by atoms with van der Waals surface area (Å²) >= 11 is 1.63. The van der Waals surface area contributed by atoms with Crippen LogP contribution in [0.4, 0.5) is 5.69 Å². The van der Waals surface area contributed by atoms with Crippen molar-refractivity contribution in [3.8, 4) is 0 Å². The first-order valence-electron chi connectivity index (χ1n) is 6.62. The molecule has 0 bridgehead atoms. The minimum Gasteiger partial charge on any atom is -0.399 e. The molecule has 4 nitrogen and oxygen atoms in total. The quantitative estimate of drug-likeness (QED) is 0.850. The number of nitrogens with two attached hydrogens (primary N) is 1. The first kappa shape index (κ1) is 14.5. The Labute approximate surface area is 123 Å². The average Bonchev–Trinajstić information content (AvgIpc) is 2.86. The predicted molar refractivity (Wildman–Crippen MR) is 83.0 cm³/mol. The second-order valence-corrected chi connectivity index (χ2v) is 5.99. The summed E-state index contributed by atoms with van der Waals surface area (Å²) in [6.45, 7) is 5.95. The molecule has 0 saturated heterocycles. The Kier molecular flexibility index (Phi) is 4.39. The summed E-state index contributed by atoms with van der Waals surface area (Å²) in [5.74, 6) is -0.124. The molecule has 1 aromatic heterocycles. The van der Waals surface area contributed by atoms with Gasteiger partial charge in [0.1, 0.15) is 5.01 Å². The van der Waals surface area contributed by atoms with Crippen molar-refractivity contribution in [2.75, 3.05) is 5.73 Å². The molecule has 0 aliphatic heterocycles. The molecule has 1 atom stereocenters. The lowest BCUT2D eigenvalue weighted by Crippen LogP contribution is -2.26. The minimum atomic E-state index is -0.124. The van der Waals surface area contributed by atoms with E-state index in [0.29, 0.717) is 11.3 Å². The zero-order valence-electron chi connectivity index (χ0n) is 11.9. The zero-order valence-corrected chi connectivity index (χ0v) is 12.8. The van der Waals surface area contributed by atoms with Gasteiger partial charge in [-0.25, -0.2) is 4.98 Å². The predicted octanol–water partition coefficient (Wildman–Crippen LogP) is 3.09. The molecule has 0 aliphatic rings. The Bertz CT molecular complexity index is 601. The molecular formula is C15H19N3OS. The van der Waals surface area contributed by atoms with Gasteiger partial charge in [-0.3, -0.25) is 4.79 Å². The minimum absolute atomic E-state index is 0.102. The Morgan fingerprint density at radius 2 is 2.20 bits per heavy atom. The number of nitrogen functional groups attached to an aromatic ring is 1. The number of thiazole rings is 1. The van der Waals surface area contributed by atoms with E-state index in [2.05, 4.69) is 17.2 Å². The van der Waals surface area contributed by atoms with Gasteiger partial charge in [0.15, 0.2) is 0 Å². The van der Waals surface area contributed by atoms with Gasteiger partial charge in [-0.15, -0.1) is 11.3 Å². The van der Waals surface area contributed by atoms with Crippen LogP contribution in [0.3, 0.4) is 0 Å². The fourth-order valence-corrected chi connectivity index (χ4v) is 2.83. The summed E-state index contributed by atoms with van der Waals surface area (Å²) in [7, 11) is 0. The average molecular weight is 289 g/mol. The van der Waals surface area contributed by atoms with Crippen molar-refractivity contribution in [2.24, 2.45) is 0 Å². The van der Waals surface area contributed by atoms with Crippen LogP contribution in [0.2, 0.25) is 0 Å². The molecule has 106 valence electrons. The standard InChI is InChI=1S/C15H19N3OS/c1-4-13-8-17-15(20-13)10(3)18-14(19)11-5-9(2)6-12(16)7-11/h5-8,10H,4,16H2,1-3H3,(H,18,19). The number of benzene rings is 1. The number of nitrogens with one attached hydrogen (secondary N) is 1. The topological polar surface area (TPSA) is 68.0 Å². The highest BCUT2D eigenvalue weighted by Crippen LogP contribution is 2.21. The van der Waals surface area contributed by atoms with E-state index in [1.807, 2.05) is 32.2 Å². The first-order chi connectivity index (χ1) is 9.49. The third-order valence-corrected chi connectivity index (χ3v) is 4.32. The molecule has 1 amide bonds. The van der Waals surface area contributed by atoms with Gasteiger partial charge in [0, 0.05) is 22.3 Å². The van der Waals surface area contributed by atoms with Crippen LogP contribution in [-0.2, 0) is 6.42 Å². The van der Waals surface area contributed by atoms with Gasteiger partial charge in [0.2, 0.25) is 0 Å². The third-order valence-electron chi connectivity index (χ3n) is 3.00. The molecule has 1 aromatic carbocycles. The molecule has 0 radical (unpaired) electrons. The van der Waals surface area contributed by atoms with E-state index in [9.17, 15) is 4.79 Å². The highest BCUT2D eigenvalue weighted by Gasteiger charge is 2.14. The molecule has 0 aliphatic carbocycles. The van der Waals surface area contributed by atoms with Crippen molar-refractivity contribution in [2.45, 2.75) is 33.2 Å². The second kappa shape index (κ2) is 6.05. The van der Waals surface area contributed by atoms with Crippen molar-refractivity contribution in [1.82, 2.24) is 10.3 Å². The second-order valence-electron chi connectivity index (χ2n) is 4.85. The summed E-state index contributed by atoms with van der Waals surface area (Å²) in [6.07, 6.45) is 2.83. The highest BCUT2D eigenvalue weighted by molar-refractivity contribution is 7.11. The van der Waals surface area contributed by atoms with Gasteiger partial charge in [-0.05, 0) is 44.0 Å². The lowest BCUT2D eigenvalue weighted by atomic mass is 10.1. The van der Waals surface area contributed by atoms with Gasteiger partial charge < -0.3 is 11.1 Å². The number of nitrogens with zero attached hydrogens (tertiary/aromatic N) is 1. The van der Waals surface area contributed by atoms with Crippen LogP contribution in [0, 0.1) is 6.92 Å². The Balaban J connectivity index is 2.10. The van der Waals surface area contributed by atoms with Crippen LogP contribution in [0.15, 0.2) is 24.4 Å². The number of aromatic nitrogens is 1. The summed E-state index contributed by atoms with van der Waals surface area (Å²) in [5.41, 5.74) is 7.93. The number of carbonyl (C=O) groups is 1. The molecule has 20 heavy (non-hydrogen) atoms. The Morgan fingerprint density at radius 1 is 1.45 bits per heavy atom. The number of anilines is 1. The van der Waals surface area contributed by atoms with Crippen molar-refractivity contribution in [3.05, 3.63) is 45.4 Å². The molecule has 0 spiro atoms. The number of carbonyl (C=O) groups excluding carboxylic acids is 1. The van der Waals surface area contributed by atoms with Crippen molar-refractivity contribution in [3.63, 3.8) is 0 Å².